The second-order valence-corrected chi connectivity index (χ2v) is 7.15. The number of halogens is 1. The molecule has 0 saturated heterocycles. The second kappa shape index (κ2) is 6.94. The first-order chi connectivity index (χ1) is 12.6. The molecule has 5 nitrogen and oxygen atoms in total. The molecule has 2 heterocycles. The van der Waals surface area contributed by atoms with Crippen LogP contribution in [0, 0.1) is 12.7 Å². The van der Waals surface area contributed by atoms with Gasteiger partial charge in [0, 0.05) is 35.0 Å². The number of rotatable bonds is 4. The lowest BCUT2D eigenvalue weighted by molar-refractivity contribution is -0.121. The standard InChI is InChI=1S/C20H23FN4O/c1-13-17(18-11-14(21)3-8-19(18)23-13)12-20(26)24-15-4-6-16(7-5-15)25-10-2-9-22-25/h2-3,8-11,15-16,23H,4-7,12H2,1H3,(H,24,26). The van der Waals surface area contributed by atoms with Crippen molar-refractivity contribution in [1.29, 1.82) is 0 Å². The van der Waals surface area contributed by atoms with Crippen LogP contribution in [-0.2, 0) is 11.2 Å². The number of carbonyl (C=O) groups excluding carboxylic acids is 1. The van der Waals surface area contributed by atoms with E-state index in [4.69, 9.17) is 0 Å². The first-order valence-corrected chi connectivity index (χ1v) is 9.15. The van der Waals surface area contributed by atoms with Crippen molar-refractivity contribution in [1.82, 2.24) is 20.1 Å². The Morgan fingerprint density at radius 3 is 2.88 bits per heavy atom. The molecule has 0 unspecified atom stereocenters. The van der Waals surface area contributed by atoms with E-state index < -0.39 is 0 Å². The molecule has 6 heteroatoms. The van der Waals surface area contributed by atoms with Gasteiger partial charge < -0.3 is 10.3 Å². The molecule has 1 aromatic carbocycles. The van der Waals surface area contributed by atoms with Crippen LogP contribution in [0.2, 0.25) is 0 Å². The number of benzene rings is 1. The van der Waals surface area contributed by atoms with Crippen LogP contribution in [0.1, 0.15) is 43.0 Å². The molecule has 136 valence electrons. The maximum Gasteiger partial charge on any atom is 0.224 e. The molecule has 1 saturated carbocycles. The molecule has 1 amide bonds. The van der Waals surface area contributed by atoms with Crippen molar-refractivity contribution in [3.63, 3.8) is 0 Å². The van der Waals surface area contributed by atoms with Gasteiger partial charge in [0.15, 0.2) is 0 Å². The van der Waals surface area contributed by atoms with E-state index in [0.717, 1.165) is 47.8 Å². The monoisotopic (exact) mass is 354 g/mol. The third-order valence-corrected chi connectivity index (χ3v) is 5.38. The zero-order chi connectivity index (χ0) is 18.1. The van der Waals surface area contributed by atoms with Crippen LogP contribution in [-0.4, -0.2) is 26.7 Å². The van der Waals surface area contributed by atoms with Crippen molar-refractivity contribution < 1.29 is 9.18 Å². The molecule has 0 bridgehead atoms. The molecule has 4 rings (SSSR count). The molecule has 0 aliphatic heterocycles. The van der Waals surface area contributed by atoms with Gasteiger partial charge in [-0.3, -0.25) is 9.48 Å². The summed E-state index contributed by atoms with van der Waals surface area (Å²) >= 11 is 0. The first kappa shape index (κ1) is 16.8. The number of amides is 1. The third-order valence-electron chi connectivity index (χ3n) is 5.38. The van der Waals surface area contributed by atoms with Gasteiger partial charge in [-0.15, -0.1) is 0 Å². The maximum absolute atomic E-state index is 13.6. The third kappa shape index (κ3) is 3.36. The number of nitrogens with zero attached hydrogens (tertiary/aromatic N) is 2. The van der Waals surface area contributed by atoms with Gasteiger partial charge in [-0.1, -0.05) is 0 Å². The molecule has 0 radical (unpaired) electrons. The SMILES string of the molecule is Cc1[nH]c2ccc(F)cc2c1CC(=O)NC1CCC(n2cccn2)CC1. The lowest BCUT2D eigenvalue weighted by atomic mass is 9.91. The molecule has 0 atom stereocenters. The van der Waals surface area contributed by atoms with E-state index in [1.54, 1.807) is 12.3 Å². The number of aromatic nitrogens is 3. The second-order valence-electron chi connectivity index (χ2n) is 7.15. The van der Waals surface area contributed by atoms with Gasteiger partial charge in [0.25, 0.3) is 0 Å². The normalized spacial score (nSPS) is 20.4. The quantitative estimate of drug-likeness (QED) is 0.751. The number of aryl methyl sites for hydroxylation is 1. The summed E-state index contributed by atoms with van der Waals surface area (Å²) in [6, 6.07) is 7.22. The van der Waals surface area contributed by atoms with Gasteiger partial charge in [-0.05, 0) is 62.4 Å². The van der Waals surface area contributed by atoms with Crippen LogP contribution in [0.25, 0.3) is 10.9 Å². The molecule has 26 heavy (non-hydrogen) atoms. The molecule has 2 aromatic heterocycles. The minimum Gasteiger partial charge on any atom is -0.358 e. The predicted molar refractivity (Wildman–Crippen MR) is 98.4 cm³/mol. The molecular formula is C20H23FN4O. The topological polar surface area (TPSA) is 62.7 Å². The summed E-state index contributed by atoms with van der Waals surface area (Å²) in [6.07, 6.45) is 8.03. The Bertz CT molecular complexity index is 907. The van der Waals surface area contributed by atoms with Gasteiger partial charge in [0.2, 0.25) is 5.91 Å². The van der Waals surface area contributed by atoms with Crippen molar-refractivity contribution in [3.8, 4) is 0 Å². The summed E-state index contributed by atoms with van der Waals surface area (Å²) < 4.78 is 15.6. The van der Waals surface area contributed by atoms with Gasteiger partial charge >= 0.3 is 0 Å². The van der Waals surface area contributed by atoms with E-state index in [1.807, 2.05) is 23.9 Å². The smallest absolute Gasteiger partial charge is 0.224 e. The fourth-order valence-electron chi connectivity index (χ4n) is 4.00. The average Bonchev–Trinajstić information content (AvgIpc) is 3.25. The number of hydrogen-bond donors (Lipinski definition) is 2. The van der Waals surface area contributed by atoms with Crippen molar-refractivity contribution in [2.45, 2.75) is 51.1 Å². The highest BCUT2D eigenvalue weighted by Gasteiger charge is 2.24. The molecule has 2 N–H and O–H groups in total. The summed E-state index contributed by atoms with van der Waals surface area (Å²) in [4.78, 5) is 15.8. The van der Waals surface area contributed by atoms with Crippen molar-refractivity contribution >= 4 is 16.8 Å². The molecule has 1 fully saturated rings. The van der Waals surface area contributed by atoms with Gasteiger partial charge in [-0.2, -0.15) is 5.10 Å². The van der Waals surface area contributed by atoms with Crippen LogP contribution < -0.4 is 5.32 Å². The Kier molecular flexibility index (Phi) is 4.49. The number of H-pyrrole nitrogens is 1. The lowest BCUT2D eigenvalue weighted by Crippen LogP contribution is -2.38. The number of fused-ring (bicyclic) bond motifs is 1. The van der Waals surface area contributed by atoms with E-state index in [9.17, 15) is 9.18 Å². The van der Waals surface area contributed by atoms with Crippen LogP contribution in [0.15, 0.2) is 36.7 Å². The minimum absolute atomic E-state index is 0.000741. The molecule has 1 aliphatic carbocycles. The summed E-state index contributed by atoms with van der Waals surface area (Å²) in [5.74, 6) is -0.282. The molecular weight excluding hydrogens is 331 g/mol. The minimum atomic E-state index is -0.282. The number of carbonyl (C=O) groups is 1. The summed E-state index contributed by atoms with van der Waals surface area (Å²) in [6.45, 7) is 1.93. The highest BCUT2D eigenvalue weighted by molar-refractivity contribution is 5.90. The van der Waals surface area contributed by atoms with Gasteiger partial charge in [-0.25, -0.2) is 4.39 Å². The van der Waals surface area contributed by atoms with E-state index in [0.29, 0.717) is 6.04 Å². The van der Waals surface area contributed by atoms with Crippen LogP contribution in [0.3, 0.4) is 0 Å². The molecule has 1 aliphatic rings. The highest BCUT2D eigenvalue weighted by atomic mass is 19.1. The Balaban J connectivity index is 1.38. The zero-order valence-corrected chi connectivity index (χ0v) is 14.8. The Labute approximate surface area is 151 Å². The molecule has 0 spiro atoms. The summed E-state index contributed by atoms with van der Waals surface area (Å²) in [5, 5.41) is 8.26. The first-order valence-electron chi connectivity index (χ1n) is 9.15. The lowest BCUT2D eigenvalue weighted by Gasteiger charge is -2.29. The van der Waals surface area contributed by atoms with Crippen molar-refractivity contribution in [3.05, 3.63) is 53.7 Å². The molecule has 3 aromatic rings. The largest absolute Gasteiger partial charge is 0.358 e. The van der Waals surface area contributed by atoms with Crippen LogP contribution >= 0.6 is 0 Å². The summed E-state index contributed by atoms with van der Waals surface area (Å²) in [5.41, 5.74) is 2.66. The Morgan fingerprint density at radius 2 is 2.15 bits per heavy atom. The zero-order valence-electron chi connectivity index (χ0n) is 14.8. The maximum atomic E-state index is 13.6. The number of nitrogens with one attached hydrogen (secondary N) is 2. The Hall–Kier alpha value is -2.63. The fourth-order valence-corrected chi connectivity index (χ4v) is 4.00. The van der Waals surface area contributed by atoms with Crippen LogP contribution in [0.5, 0.6) is 0 Å². The van der Waals surface area contributed by atoms with Crippen molar-refractivity contribution in [2.24, 2.45) is 0 Å². The predicted octanol–water partition coefficient (Wildman–Crippen LogP) is 3.65. The van der Waals surface area contributed by atoms with Gasteiger partial charge in [0.1, 0.15) is 5.82 Å². The van der Waals surface area contributed by atoms with E-state index in [-0.39, 0.29) is 24.2 Å². The Morgan fingerprint density at radius 1 is 1.35 bits per heavy atom. The van der Waals surface area contributed by atoms with E-state index >= 15 is 0 Å². The van der Waals surface area contributed by atoms with E-state index in [2.05, 4.69) is 15.4 Å². The van der Waals surface area contributed by atoms with Crippen molar-refractivity contribution in [2.75, 3.05) is 0 Å². The van der Waals surface area contributed by atoms with E-state index in [1.165, 1.54) is 12.1 Å². The average molecular weight is 354 g/mol. The fraction of sp³-hybridized carbons (Fsp3) is 0.400. The van der Waals surface area contributed by atoms with Crippen LogP contribution in [0.4, 0.5) is 4.39 Å². The number of aromatic amines is 1. The summed E-state index contributed by atoms with van der Waals surface area (Å²) in [7, 11) is 0. The number of hydrogen-bond acceptors (Lipinski definition) is 2. The van der Waals surface area contributed by atoms with Gasteiger partial charge in [0.05, 0.1) is 12.5 Å². The highest BCUT2D eigenvalue weighted by Crippen LogP contribution is 2.28.